The average Bonchev–Trinajstić information content (AvgIpc) is 3.23. The lowest BCUT2D eigenvalue weighted by Crippen LogP contribution is -2.41. The molecule has 9 nitrogen and oxygen atoms in total. The van der Waals surface area contributed by atoms with Crippen molar-refractivity contribution >= 4 is 45.9 Å². The molecule has 3 aromatic rings. The summed E-state index contributed by atoms with van der Waals surface area (Å²) >= 11 is 1.34. The number of pyridine rings is 1. The van der Waals surface area contributed by atoms with Gasteiger partial charge in [-0.05, 0) is 37.1 Å². The Kier molecular flexibility index (Phi) is 6.95. The van der Waals surface area contributed by atoms with Gasteiger partial charge < -0.3 is 5.32 Å². The lowest BCUT2D eigenvalue weighted by atomic mass is 10.1. The van der Waals surface area contributed by atoms with Crippen LogP contribution in [0.15, 0.2) is 69.5 Å². The number of nitrogens with one attached hydrogen (secondary N) is 1. The average molecular weight is 503 g/mol. The molecule has 4 heterocycles. The number of thioether (sulfide) groups is 1. The predicted molar refractivity (Wildman–Crippen MR) is 141 cm³/mol. The van der Waals surface area contributed by atoms with E-state index in [1.165, 1.54) is 22.2 Å². The zero-order chi connectivity index (χ0) is 25.1. The van der Waals surface area contributed by atoms with Crippen LogP contribution in [0.3, 0.4) is 0 Å². The molecule has 5 rings (SSSR count). The Hall–Kier alpha value is -3.79. The molecule has 1 N–H and O–H groups in total. The molecule has 2 aliphatic rings. The molecule has 2 amide bonds. The molecule has 36 heavy (non-hydrogen) atoms. The van der Waals surface area contributed by atoms with Crippen LogP contribution in [-0.4, -0.2) is 49.7 Å². The summed E-state index contributed by atoms with van der Waals surface area (Å²) in [5, 5.41) is 3.38. The number of unbranched alkanes of at least 4 members (excludes halogenated alkanes) is 1. The zero-order valence-electron chi connectivity index (χ0n) is 19.9. The van der Waals surface area contributed by atoms with Crippen LogP contribution >= 0.6 is 11.8 Å². The first-order chi connectivity index (χ1) is 17.5. The van der Waals surface area contributed by atoms with Gasteiger partial charge in [0, 0.05) is 36.5 Å². The van der Waals surface area contributed by atoms with E-state index in [1.807, 2.05) is 30.3 Å². The number of hydrogen-bond donors (Lipinski definition) is 1. The van der Waals surface area contributed by atoms with Crippen molar-refractivity contribution < 1.29 is 9.59 Å². The predicted octanol–water partition coefficient (Wildman–Crippen LogP) is 3.28. The Balaban J connectivity index is 1.36. The number of benzene rings is 1. The topological polar surface area (TPSA) is 108 Å². The highest BCUT2D eigenvalue weighted by atomic mass is 32.2. The number of amides is 2. The molecule has 2 aromatic heterocycles. The second kappa shape index (κ2) is 10.4. The summed E-state index contributed by atoms with van der Waals surface area (Å²) in [6.45, 7) is 2.71. The Bertz CT molecular complexity index is 1450. The van der Waals surface area contributed by atoms with Crippen LogP contribution in [0.4, 0.5) is 5.69 Å². The Morgan fingerprint density at radius 1 is 1.14 bits per heavy atom. The molecule has 0 bridgehead atoms. The number of hydrogen-bond acceptors (Lipinski definition) is 7. The van der Waals surface area contributed by atoms with E-state index in [0.29, 0.717) is 41.1 Å². The number of rotatable bonds is 8. The molecule has 1 aromatic carbocycles. The quantitative estimate of drug-likeness (QED) is 0.476. The third-order valence-electron chi connectivity index (χ3n) is 6.02. The largest absolute Gasteiger partial charge is 0.356 e. The highest BCUT2D eigenvalue weighted by Crippen LogP contribution is 2.34. The van der Waals surface area contributed by atoms with Gasteiger partial charge in [-0.15, -0.1) is 0 Å². The summed E-state index contributed by atoms with van der Waals surface area (Å²) in [7, 11) is 0. The maximum atomic E-state index is 13.4. The third-order valence-corrected chi connectivity index (χ3v) is 6.99. The van der Waals surface area contributed by atoms with Gasteiger partial charge in [-0.1, -0.05) is 43.3 Å². The van der Waals surface area contributed by atoms with Crippen LogP contribution in [0.5, 0.6) is 0 Å². The first kappa shape index (κ1) is 23.9. The molecular formula is C26H26N6O3S. The van der Waals surface area contributed by atoms with Crippen LogP contribution in [0.2, 0.25) is 0 Å². The first-order valence-electron chi connectivity index (χ1n) is 12.0. The molecule has 10 heteroatoms. The molecule has 2 aliphatic heterocycles. The summed E-state index contributed by atoms with van der Waals surface area (Å²) < 4.78 is 1.49. The van der Waals surface area contributed by atoms with Gasteiger partial charge in [-0.25, -0.2) is 14.9 Å². The van der Waals surface area contributed by atoms with E-state index in [0.717, 1.165) is 24.1 Å². The number of nitrogens with zero attached hydrogens (tertiary/aromatic N) is 5. The maximum absolute atomic E-state index is 13.4. The highest BCUT2D eigenvalue weighted by Gasteiger charge is 2.41. The number of para-hydroxylation sites is 1. The summed E-state index contributed by atoms with van der Waals surface area (Å²) in [5.74, 6) is 0.650. The molecule has 0 radical (unpaired) electrons. The fraction of sp³-hybridized carbons (Fsp3) is 0.308. The van der Waals surface area contributed by atoms with E-state index in [1.54, 1.807) is 23.2 Å². The van der Waals surface area contributed by atoms with E-state index in [4.69, 9.17) is 9.98 Å². The maximum Gasteiger partial charge on any atom is 0.259 e. The van der Waals surface area contributed by atoms with Crippen molar-refractivity contribution in [2.24, 2.45) is 9.98 Å². The van der Waals surface area contributed by atoms with Crippen molar-refractivity contribution in [2.75, 3.05) is 6.54 Å². The molecule has 0 spiro atoms. The van der Waals surface area contributed by atoms with E-state index in [2.05, 4.69) is 17.2 Å². The molecule has 0 saturated carbocycles. The second-order valence-electron chi connectivity index (χ2n) is 8.60. The Labute approximate surface area is 212 Å². The molecule has 1 unspecified atom stereocenters. The summed E-state index contributed by atoms with van der Waals surface area (Å²) in [4.78, 5) is 53.6. The van der Waals surface area contributed by atoms with Crippen molar-refractivity contribution in [3.05, 3.63) is 76.3 Å². The fourth-order valence-corrected chi connectivity index (χ4v) is 5.06. The van der Waals surface area contributed by atoms with Gasteiger partial charge >= 0.3 is 0 Å². The molecule has 1 atom stereocenters. The van der Waals surface area contributed by atoms with E-state index in [-0.39, 0.29) is 23.8 Å². The Morgan fingerprint density at radius 2 is 1.97 bits per heavy atom. The molecule has 0 saturated heterocycles. The smallest absolute Gasteiger partial charge is 0.259 e. The van der Waals surface area contributed by atoms with Gasteiger partial charge in [-0.2, -0.15) is 0 Å². The van der Waals surface area contributed by atoms with Crippen molar-refractivity contribution in [3.8, 4) is 0 Å². The van der Waals surface area contributed by atoms with E-state index in [9.17, 15) is 14.4 Å². The van der Waals surface area contributed by atoms with E-state index < -0.39 is 6.04 Å². The molecule has 0 aliphatic carbocycles. The van der Waals surface area contributed by atoms with Gasteiger partial charge in [0.05, 0.1) is 11.4 Å². The zero-order valence-corrected chi connectivity index (χ0v) is 20.7. The fourth-order valence-electron chi connectivity index (χ4n) is 4.16. The second-order valence-corrected chi connectivity index (χ2v) is 9.54. The minimum atomic E-state index is -0.641. The summed E-state index contributed by atoms with van der Waals surface area (Å²) in [6, 6.07) is 13.8. The standard InChI is InChI=1S/C26H26N6O3S/c1-2-3-13-27-22(33)12-11-20-25(35)32-24(29-20)18-8-4-5-9-19(18)30-26(32)36-16-17-15-23(34)31-14-7-6-10-21(31)28-17/h4-10,14-15,20H,2-3,11-13,16H2,1H3,(H,27,33). The van der Waals surface area contributed by atoms with Crippen molar-refractivity contribution in [3.63, 3.8) is 0 Å². The minimum Gasteiger partial charge on any atom is -0.356 e. The van der Waals surface area contributed by atoms with Crippen molar-refractivity contribution in [1.29, 1.82) is 0 Å². The van der Waals surface area contributed by atoms with Gasteiger partial charge in [0.15, 0.2) is 5.17 Å². The van der Waals surface area contributed by atoms with Crippen LogP contribution in [0.25, 0.3) is 5.65 Å². The molecule has 184 valence electrons. The number of fused-ring (bicyclic) bond motifs is 4. The third kappa shape index (κ3) is 4.81. The SMILES string of the molecule is CCCCNC(=O)CCC1N=C2c3ccccc3N=C(SCc3cc(=O)n4ccccc4n3)N2C1=O. The van der Waals surface area contributed by atoms with Crippen LogP contribution in [0.1, 0.15) is 43.9 Å². The lowest BCUT2D eigenvalue weighted by molar-refractivity contribution is -0.125. The minimum absolute atomic E-state index is 0.0707. The number of amidine groups is 2. The normalized spacial score (nSPS) is 16.4. The van der Waals surface area contributed by atoms with Gasteiger partial charge in [0.25, 0.3) is 11.5 Å². The monoisotopic (exact) mass is 502 g/mol. The van der Waals surface area contributed by atoms with Gasteiger partial charge in [0.2, 0.25) is 5.91 Å². The first-order valence-corrected chi connectivity index (χ1v) is 13.0. The van der Waals surface area contributed by atoms with Gasteiger partial charge in [0.1, 0.15) is 17.5 Å². The summed E-state index contributed by atoms with van der Waals surface area (Å²) in [6.07, 6.45) is 4.18. The number of carbonyl (C=O) groups excluding carboxylic acids is 2. The van der Waals surface area contributed by atoms with E-state index >= 15 is 0 Å². The Morgan fingerprint density at radius 3 is 2.83 bits per heavy atom. The van der Waals surface area contributed by atoms with Crippen molar-refractivity contribution in [2.45, 2.75) is 44.4 Å². The van der Waals surface area contributed by atoms with Crippen molar-refractivity contribution in [1.82, 2.24) is 19.6 Å². The molecule has 0 fully saturated rings. The summed E-state index contributed by atoms with van der Waals surface area (Å²) in [5.41, 5.74) is 2.51. The number of carbonyl (C=O) groups is 2. The van der Waals surface area contributed by atoms with Crippen LogP contribution in [-0.2, 0) is 15.3 Å². The number of aromatic nitrogens is 2. The van der Waals surface area contributed by atoms with Crippen LogP contribution in [0, 0.1) is 0 Å². The lowest BCUT2D eigenvalue weighted by Gasteiger charge is -2.25. The van der Waals surface area contributed by atoms with Gasteiger partial charge in [-0.3, -0.25) is 23.8 Å². The molecular weight excluding hydrogens is 476 g/mol. The number of aliphatic imine (C=N–C) groups is 2. The highest BCUT2D eigenvalue weighted by molar-refractivity contribution is 8.13. The van der Waals surface area contributed by atoms with Crippen LogP contribution < -0.4 is 10.9 Å².